The Bertz CT molecular complexity index is 682. The second kappa shape index (κ2) is 7.00. The summed E-state index contributed by atoms with van der Waals surface area (Å²) < 4.78 is 6.11. The zero-order chi connectivity index (χ0) is 16.2. The quantitative estimate of drug-likeness (QED) is 0.809. The van der Waals surface area contributed by atoms with E-state index in [1.54, 1.807) is 21.9 Å². The lowest BCUT2D eigenvalue weighted by Gasteiger charge is -2.21. The van der Waals surface area contributed by atoms with E-state index < -0.39 is 0 Å². The van der Waals surface area contributed by atoms with E-state index in [-0.39, 0.29) is 11.8 Å². The summed E-state index contributed by atoms with van der Waals surface area (Å²) >= 11 is 3.37. The van der Waals surface area contributed by atoms with E-state index in [4.69, 9.17) is 4.42 Å². The second-order valence-electron chi connectivity index (χ2n) is 5.42. The van der Waals surface area contributed by atoms with E-state index >= 15 is 0 Å². The molecule has 23 heavy (non-hydrogen) atoms. The van der Waals surface area contributed by atoms with Crippen LogP contribution in [0.3, 0.4) is 0 Å². The molecule has 2 aromatic rings. The highest BCUT2D eigenvalue weighted by atomic mass is 79.9. The monoisotopic (exact) mass is 376 g/mol. The van der Waals surface area contributed by atoms with Crippen molar-refractivity contribution in [2.75, 3.05) is 26.2 Å². The molecular formula is C17H17BrN2O3. The fraction of sp³-hybridized carbons (Fsp3) is 0.294. The minimum absolute atomic E-state index is 0.00444. The molecule has 3 rings (SSSR count). The minimum atomic E-state index is -0.118. The fourth-order valence-electron chi connectivity index (χ4n) is 2.65. The lowest BCUT2D eigenvalue weighted by atomic mass is 10.2. The van der Waals surface area contributed by atoms with Crippen LogP contribution in [0.25, 0.3) is 0 Å². The van der Waals surface area contributed by atoms with Gasteiger partial charge in [0, 0.05) is 36.2 Å². The molecule has 0 saturated carbocycles. The van der Waals surface area contributed by atoms with Crippen LogP contribution in [0.5, 0.6) is 0 Å². The van der Waals surface area contributed by atoms with E-state index in [0.717, 1.165) is 10.9 Å². The maximum atomic E-state index is 12.6. The molecule has 1 aromatic heterocycles. The van der Waals surface area contributed by atoms with Gasteiger partial charge in [-0.2, -0.15) is 0 Å². The highest BCUT2D eigenvalue weighted by Gasteiger charge is 2.24. The molecule has 0 bridgehead atoms. The number of hydrogen-bond acceptors (Lipinski definition) is 3. The van der Waals surface area contributed by atoms with Crippen molar-refractivity contribution in [1.82, 2.24) is 9.80 Å². The van der Waals surface area contributed by atoms with E-state index in [2.05, 4.69) is 15.9 Å². The highest BCUT2D eigenvalue weighted by Crippen LogP contribution is 2.15. The van der Waals surface area contributed by atoms with Crippen molar-refractivity contribution in [1.29, 1.82) is 0 Å². The maximum absolute atomic E-state index is 12.6. The summed E-state index contributed by atoms with van der Waals surface area (Å²) in [6.07, 6.45) is 2.25. The number of halogens is 1. The molecular weight excluding hydrogens is 360 g/mol. The van der Waals surface area contributed by atoms with Crippen LogP contribution < -0.4 is 0 Å². The van der Waals surface area contributed by atoms with E-state index in [1.807, 2.05) is 24.3 Å². The van der Waals surface area contributed by atoms with E-state index in [0.29, 0.717) is 37.5 Å². The summed E-state index contributed by atoms with van der Waals surface area (Å²) in [5.41, 5.74) is 0.666. The average molecular weight is 377 g/mol. The number of furan rings is 1. The molecule has 0 spiro atoms. The van der Waals surface area contributed by atoms with Crippen LogP contribution in [0.4, 0.5) is 0 Å². The molecule has 0 N–H and O–H groups in total. The standard InChI is InChI=1S/C17H17BrN2O3/c18-14-6-4-13(5-7-14)16(21)19-8-2-9-20(11-10-19)17(22)15-3-1-12-23-15/h1,3-7,12H,2,8-11H2. The zero-order valence-corrected chi connectivity index (χ0v) is 14.2. The van der Waals surface area contributed by atoms with Crippen LogP contribution in [0.1, 0.15) is 27.3 Å². The third-order valence-corrected chi connectivity index (χ3v) is 4.42. The van der Waals surface area contributed by atoms with Gasteiger partial charge in [-0.05, 0) is 42.8 Å². The van der Waals surface area contributed by atoms with Gasteiger partial charge in [-0.15, -0.1) is 0 Å². The predicted octanol–water partition coefficient (Wildman–Crippen LogP) is 3.03. The Morgan fingerprint density at radius 3 is 2.17 bits per heavy atom. The number of nitrogens with zero attached hydrogens (tertiary/aromatic N) is 2. The molecule has 1 aliphatic heterocycles. The average Bonchev–Trinajstić information content (AvgIpc) is 2.99. The molecule has 0 atom stereocenters. The van der Waals surface area contributed by atoms with Gasteiger partial charge >= 0.3 is 0 Å². The Balaban J connectivity index is 1.65. The lowest BCUT2D eigenvalue weighted by Crippen LogP contribution is -2.37. The summed E-state index contributed by atoms with van der Waals surface area (Å²) in [6.45, 7) is 2.32. The van der Waals surface area contributed by atoms with Crippen molar-refractivity contribution in [3.8, 4) is 0 Å². The molecule has 2 amide bonds. The number of amides is 2. The molecule has 5 nitrogen and oxygen atoms in total. The second-order valence-corrected chi connectivity index (χ2v) is 6.34. The van der Waals surface area contributed by atoms with Crippen LogP contribution >= 0.6 is 15.9 Å². The van der Waals surface area contributed by atoms with E-state index in [1.165, 1.54) is 6.26 Å². The Hall–Kier alpha value is -2.08. The van der Waals surface area contributed by atoms with Gasteiger partial charge in [-0.3, -0.25) is 9.59 Å². The first kappa shape index (κ1) is 15.8. The van der Waals surface area contributed by atoms with E-state index in [9.17, 15) is 9.59 Å². The topological polar surface area (TPSA) is 53.8 Å². The first-order valence-electron chi connectivity index (χ1n) is 7.53. The van der Waals surface area contributed by atoms with Crippen LogP contribution in [-0.2, 0) is 0 Å². The molecule has 2 heterocycles. The normalized spacial score (nSPS) is 15.3. The molecule has 0 aliphatic carbocycles. The molecule has 0 unspecified atom stereocenters. The van der Waals surface area contributed by atoms with Gasteiger partial charge < -0.3 is 14.2 Å². The first-order chi connectivity index (χ1) is 11.1. The molecule has 1 aromatic carbocycles. The third-order valence-electron chi connectivity index (χ3n) is 3.89. The smallest absolute Gasteiger partial charge is 0.289 e. The minimum Gasteiger partial charge on any atom is -0.459 e. The summed E-state index contributed by atoms with van der Waals surface area (Å²) in [5.74, 6) is 0.232. The Kier molecular flexibility index (Phi) is 4.81. The Morgan fingerprint density at radius 1 is 0.913 bits per heavy atom. The zero-order valence-electron chi connectivity index (χ0n) is 12.6. The molecule has 1 fully saturated rings. The summed E-state index contributed by atoms with van der Waals surface area (Å²) in [5, 5.41) is 0. The number of hydrogen-bond donors (Lipinski definition) is 0. The van der Waals surface area contributed by atoms with Crippen molar-refractivity contribution >= 4 is 27.7 Å². The van der Waals surface area contributed by atoms with Gasteiger partial charge in [-0.1, -0.05) is 15.9 Å². The van der Waals surface area contributed by atoms with Crippen LogP contribution in [-0.4, -0.2) is 47.8 Å². The van der Waals surface area contributed by atoms with Crippen molar-refractivity contribution in [3.05, 3.63) is 58.5 Å². The van der Waals surface area contributed by atoms with Gasteiger partial charge in [0.2, 0.25) is 0 Å². The lowest BCUT2D eigenvalue weighted by molar-refractivity contribution is 0.0700. The molecule has 1 saturated heterocycles. The number of rotatable bonds is 2. The molecule has 0 radical (unpaired) electrons. The molecule has 6 heteroatoms. The Labute approximate surface area is 143 Å². The van der Waals surface area contributed by atoms with Gasteiger partial charge in [-0.25, -0.2) is 0 Å². The fourth-order valence-corrected chi connectivity index (χ4v) is 2.92. The van der Waals surface area contributed by atoms with Crippen LogP contribution in [0.2, 0.25) is 0 Å². The largest absolute Gasteiger partial charge is 0.459 e. The summed E-state index contributed by atoms with van der Waals surface area (Å²) in [6, 6.07) is 10.7. The van der Waals surface area contributed by atoms with Crippen molar-refractivity contribution < 1.29 is 14.0 Å². The number of carbonyl (C=O) groups excluding carboxylic acids is 2. The molecule has 1 aliphatic rings. The third kappa shape index (κ3) is 3.64. The number of carbonyl (C=O) groups is 2. The summed E-state index contributed by atoms with van der Waals surface area (Å²) in [7, 11) is 0. The number of benzene rings is 1. The predicted molar refractivity (Wildman–Crippen MR) is 89.3 cm³/mol. The summed E-state index contributed by atoms with van der Waals surface area (Å²) in [4.78, 5) is 28.4. The van der Waals surface area contributed by atoms with Gasteiger partial charge in [0.05, 0.1) is 6.26 Å². The van der Waals surface area contributed by atoms with Crippen molar-refractivity contribution in [3.63, 3.8) is 0 Å². The first-order valence-corrected chi connectivity index (χ1v) is 8.32. The van der Waals surface area contributed by atoms with Crippen LogP contribution in [0, 0.1) is 0 Å². The Morgan fingerprint density at radius 2 is 1.57 bits per heavy atom. The van der Waals surface area contributed by atoms with Crippen molar-refractivity contribution in [2.24, 2.45) is 0 Å². The van der Waals surface area contributed by atoms with Gasteiger partial charge in [0.25, 0.3) is 11.8 Å². The van der Waals surface area contributed by atoms with Crippen LogP contribution in [0.15, 0.2) is 51.6 Å². The van der Waals surface area contributed by atoms with Gasteiger partial charge in [0.1, 0.15) is 0 Å². The molecule has 120 valence electrons. The SMILES string of the molecule is O=C(c1ccc(Br)cc1)N1CCCN(C(=O)c2ccco2)CC1. The van der Waals surface area contributed by atoms with Crippen molar-refractivity contribution in [2.45, 2.75) is 6.42 Å². The van der Waals surface area contributed by atoms with Gasteiger partial charge in [0.15, 0.2) is 5.76 Å². The highest BCUT2D eigenvalue weighted by molar-refractivity contribution is 9.10. The maximum Gasteiger partial charge on any atom is 0.289 e.